The summed E-state index contributed by atoms with van der Waals surface area (Å²) in [5, 5.41) is 0. The van der Waals surface area contributed by atoms with E-state index in [9.17, 15) is 4.39 Å². The van der Waals surface area contributed by atoms with Crippen molar-refractivity contribution in [2.24, 2.45) is 5.73 Å². The third-order valence-corrected chi connectivity index (χ3v) is 3.94. The molecule has 2 rings (SSSR count). The van der Waals surface area contributed by atoms with Crippen LogP contribution in [0.25, 0.3) is 0 Å². The third-order valence-electron chi connectivity index (χ3n) is 3.94. The molecule has 1 saturated carbocycles. The lowest BCUT2D eigenvalue weighted by atomic mass is 9.76. The fourth-order valence-corrected chi connectivity index (χ4v) is 2.77. The van der Waals surface area contributed by atoms with Crippen molar-refractivity contribution in [1.82, 2.24) is 0 Å². The Bertz CT molecular complexity index is 392. The Kier molecular flexibility index (Phi) is 3.53. The van der Waals surface area contributed by atoms with E-state index in [0.29, 0.717) is 0 Å². The van der Waals surface area contributed by atoms with Crippen LogP contribution in [0, 0.1) is 5.82 Å². The van der Waals surface area contributed by atoms with E-state index in [1.807, 2.05) is 26.0 Å². The molecule has 1 aromatic rings. The molecule has 0 saturated heterocycles. The molecule has 1 nitrogen and oxygen atoms in total. The second-order valence-corrected chi connectivity index (χ2v) is 5.61. The van der Waals surface area contributed by atoms with Gasteiger partial charge in [-0.1, -0.05) is 45.2 Å². The highest BCUT2D eigenvalue weighted by Gasteiger charge is 2.29. The maximum Gasteiger partial charge on any atom is 0.126 e. The van der Waals surface area contributed by atoms with E-state index in [4.69, 9.17) is 5.73 Å². The number of benzene rings is 1. The van der Waals surface area contributed by atoms with Gasteiger partial charge < -0.3 is 5.73 Å². The van der Waals surface area contributed by atoms with Crippen LogP contribution in [0.15, 0.2) is 18.2 Å². The summed E-state index contributed by atoms with van der Waals surface area (Å²) in [6.45, 7) is 4.04. The number of halogens is 1. The van der Waals surface area contributed by atoms with Gasteiger partial charge in [0.2, 0.25) is 0 Å². The summed E-state index contributed by atoms with van der Waals surface area (Å²) < 4.78 is 13.7. The highest BCUT2D eigenvalue weighted by atomic mass is 19.1. The minimum atomic E-state index is -0.227. The van der Waals surface area contributed by atoms with Crippen LogP contribution >= 0.6 is 0 Å². The Morgan fingerprint density at radius 1 is 1.18 bits per heavy atom. The maximum absolute atomic E-state index is 13.7. The zero-order chi connectivity index (χ0) is 12.5. The van der Waals surface area contributed by atoms with Crippen LogP contribution in [0.1, 0.15) is 63.0 Å². The van der Waals surface area contributed by atoms with E-state index < -0.39 is 0 Å². The monoisotopic (exact) mass is 235 g/mol. The summed E-state index contributed by atoms with van der Waals surface area (Å²) in [7, 11) is 0. The Hall–Kier alpha value is -0.890. The quantitative estimate of drug-likeness (QED) is 0.821. The van der Waals surface area contributed by atoms with E-state index in [1.165, 1.54) is 19.3 Å². The summed E-state index contributed by atoms with van der Waals surface area (Å²) in [4.78, 5) is 0. The number of nitrogens with two attached hydrogens (primary N) is 1. The first-order valence-electron chi connectivity index (χ1n) is 6.62. The van der Waals surface area contributed by atoms with Crippen LogP contribution in [0.4, 0.5) is 4.39 Å². The largest absolute Gasteiger partial charge is 0.321 e. The lowest BCUT2D eigenvalue weighted by Crippen LogP contribution is -2.38. The highest BCUT2D eigenvalue weighted by Crippen LogP contribution is 2.36. The van der Waals surface area contributed by atoms with Crippen molar-refractivity contribution in [3.8, 4) is 0 Å². The number of rotatable bonds is 2. The molecule has 0 bridgehead atoms. The zero-order valence-corrected chi connectivity index (χ0v) is 10.8. The molecule has 0 atom stereocenters. The molecular formula is C15H22FN. The fourth-order valence-electron chi connectivity index (χ4n) is 2.77. The molecule has 1 aliphatic carbocycles. The summed E-state index contributed by atoms with van der Waals surface area (Å²) in [5.41, 5.74) is 8.15. The second-order valence-electron chi connectivity index (χ2n) is 5.61. The minimum absolute atomic E-state index is 0.108. The average Bonchev–Trinajstić information content (AvgIpc) is 2.30. The number of hydrogen-bond donors (Lipinski definition) is 1. The lowest BCUT2D eigenvalue weighted by molar-refractivity contribution is 0.302. The molecule has 0 radical (unpaired) electrons. The van der Waals surface area contributed by atoms with Crippen LogP contribution in [-0.2, 0) is 5.54 Å². The average molecular weight is 235 g/mol. The van der Waals surface area contributed by atoms with Crippen molar-refractivity contribution >= 4 is 0 Å². The first kappa shape index (κ1) is 12.6. The van der Waals surface area contributed by atoms with Gasteiger partial charge in [0, 0.05) is 5.54 Å². The summed E-state index contributed by atoms with van der Waals surface area (Å²) in [5.74, 6) is 0.102. The molecular weight excluding hydrogens is 213 g/mol. The molecule has 0 spiro atoms. The Morgan fingerprint density at radius 2 is 1.82 bits per heavy atom. The Balaban J connectivity index is 2.35. The van der Waals surface area contributed by atoms with Gasteiger partial charge in [0.15, 0.2) is 0 Å². The first-order chi connectivity index (χ1) is 8.03. The van der Waals surface area contributed by atoms with Gasteiger partial charge in [0.1, 0.15) is 5.82 Å². The number of hydrogen-bond acceptors (Lipinski definition) is 1. The molecule has 1 aliphatic rings. The molecule has 1 aromatic carbocycles. The third kappa shape index (κ3) is 2.52. The van der Waals surface area contributed by atoms with Crippen molar-refractivity contribution in [2.75, 3.05) is 0 Å². The van der Waals surface area contributed by atoms with Crippen LogP contribution in [0.2, 0.25) is 0 Å². The predicted octanol–water partition coefficient (Wildman–Crippen LogP) is 4.07. The summed E-state index contributed by atoms with van der Waals surface area (Å²) in [6.07, 6.45) is 5.69. The van der Waals surface area contributed by atoms with Crippen molar-refractivity contribution in [1.29, 1.82) is 0 Å². The molecule has 0 unspecified atom stereocenters. The summed E-state index contributed by atoms with van der Waals surface area (Å²) in [6, 6.07) is 5.42. The summed E-state index contributed by atoms with van der Waals surface area (Å²) >= 11 is 0. The molecule has 0 heterocycles. The molecule has 17 heavy (non-hydrogen) atoms. The van der Waals surface area contributed by atoms with Gasteiger partial charge in [-0.25, -0.2) is 4.39 Å². The van der Waals surface area contributed by atoms with Crippen molar-refractivity contribution < 1.29 is 4.39 Å². The first-order valence-corrected chi connectivity index (χ1v) is 6.62. The van der Waals surface area contributed by atoms with Crippen molar-refractivity contribution in [3.05, 3.63) is 35.1 Å². The standard InChI is InChI=1S/C15H22FN/c1-11(2)13-10-12(6-7-14(13)16)15(17)8-4-3-5-9-15/h6-7,10-11H,3-5,8-9,17H2,1-2H3. The molecule has 94 valence electrons. The molecule has 2 heteroatoms. The molecule has 0 amide bonds. The maximum atomic E-state index is 13.7. The van der Waals surface area contributed by atoms with Crippen LogP contribution in [0.3, 0.4) is 0 Å². The molecule has 0 aromatic heterocycles. The second kappa shape index (κ2) is 4.77. The van der Waals surface area contributed by atoms with Crippen molar-refractivity contribution in [2.45, 2.75) is 57.4 Å². The van der Waals surface area contributed by atoms with E-state index in [1.54, 1.807) is 6.07 Å². The van der Waals surface area contributed by atoms with Gasteiger partial charge in [-0.2, -0.15) is 0 Å². The Morgan fingerprint density at radius 3 is 2.41 bits per heavy atom. The van der Waals surface area contributed by atoms with E-state index in [-0.39, 0.29) is 17.3 Å². The van der Waals surface area contributed by atoms with Crippen LogP contribution in [-0.4, -0.2) is 0 Å². The van der Waals surface area contributed by atoms with Gasteiger partial charge in [0.05, 0.1) is 0 Å². The van der Waals surface area contributed by atoms with Gasteiger partial charge in [0.25, 0.3) is 0 Å². The smallest absolute Gasteiger partial charge is 0.126 e. The normalized spacial score (nSPS) is 19.6. The van der Waals surface area contributed by atoms with Gasteiger partial charge in [-0.3, -0.25) is 0 Å². The van der Waals surface area contributed by atoms with Crippen LogP contribution in [0.5, 0.6) is 0 Å². The molecule has 1 fully saturated rings. The van der Waals surface area contributed by atoms with Gasteiger partial charge in [-0.15, -0.1) is 0 Å². The zero-order valence-electron chi connectivity index (χ0n) is 10.8. The van der Waals surface area contributed by atoms with Gasteiger partial charge in [-0.05, 0) is 36.0 Å². The minimum Gasteiger partial charge on any atom is -0.321 e. The molecule has 2 N–H and O–H groups in total. The Labute approximate surface area is 103 Å². The van der Waals surface area contributed by atoms with E-state index >= 15 is 0 Å². The predicted molar refractivity (Wildman–Crippen MR) is 69.4 cm³/mol. The van der Waals surface area contributed by atoms with E-state index in [0.717, 1.165) is 24.0 Å². The fraction of sp³-hybridized carbons (Fsp3) is 0.600. The van der Waals surface area contributed by atoms with Gasteiger partial charge >= 0.3 is 0 Å². The van der Waals surface area contributed by atoms with Crippen molar-refractivity contribution in [3.63, 3.8) is 0 Å². The molecule has 0 aliphatic heterocycles. The van der Waals surface area contributed by atoms with E-state index in [2.05, 4.69) is 0 Å². The highest BCUT2D eigenvalue weighted by molar-refractivity contribution is 5.32. The SMILES string of the molecule is CC(C)c1cc(C2(N)CCCCC2)ccc1F. The van der Waals surface area contributed by atoms with Crippen LogP contribution < -0.4 is 5.73 Å². The lowest BCUT2D eigenvalue weighted by Gasteiger charge is -2.34. The topological polar surface area (TPSA) is 26.0 Å².